The minimum Gasteiger partial charge on any atom is -0.283 e. The molecule has 0 aliphatic rings. The summed E-state index contributed by atoms with van der Waals surface area (Å²) < 4.78 is 1.86. The molecule has 78 valence electrons. The second-order valence-electron chi connectivity index (χ2n) is 3.31. The molecule has 0 aliphatic carbocycles. The Balaban J connectivity index is 2.54. The Morgan fingerprint density at radius 1 is 1.33 bits per heavy atom. The summed E-state index contributed by atoms with van der Waals surface area (Å²) in [6.45, 7) is 3.92. The lowest BCUT2D eigenvalue weighted by Crippen LogP contribution is -2.02. The highest BCUT2D eigenvalue weighted by Gasteiger charge is 2.07. The van der Waals surface area contributed by atoms with Crippen molar-refractivity contribution in [3.05, 3.63) is 35.7 Å². The van der Waals surface area contributed by atoms with Crippen molar-refractivity contribution in [2.75, 3.05) is 0 Å². The summed E-state index contributed by atoms with van der Waals surface area (Å²) in [6.07, 6.45) is 1.65. The highest BCUT2D eigenvalue weighted by molar-refractivity contribution is 6.16. The maximum Gasteiger partial charge on any atom is 0.152 e. The van der Waals surface area contributed by atoms with Gasteiger partial charge in [0.1, 0.15) is 6.33 Å². The Morgan fingerprint density at radius 3 is 2.80 bits per heavy atom. The number of halogens is 1. The highest BCUT2D eigenvalue weighted by atomic mass is 35.5. The topological polar surface area (TPSA) is 43.6 Å². The third kappa shape index (κ3) is 1.85. The Bertz CT molecular complexity index is 478. The number of aromatic nitrogens is 4. The van der Waals surface area contributed by atoms with Crippen LogP contribution in [0.3, 0.4) is 0 Å². The molecule has 2 aromatic rings. The van der Waals surface area contributed by atoms with Crippen LogP contribution in [-0.2, 0) is 5.88 Å². The zero-order chi connectivity index (χ0) is 10.8. The van der Waals surface area contributed by atoms with Crippen LogP contribution in [0.2, 0.25) is 0 Å². The number of rotatable bonds is 2. The maximum atomic E-state index is 5.76. The van der Waals surface area contributed by atoms with Gasteiger partial charge in [-0.2, -0.15) is 0 Å². The van der Waals surface area contributed by atoms with Crippen molar-refractivity contribution in [2.45, 2.75) is 19.7 Å². The van der Waals surface area contributed by atoms with Crippen LogP contribution in [0.4, 0.5) is 0 Å². The van der Waals surface area contributed by atoms with Crippen LogP contribution < -0.4 is 0 Å². The van der Waals surface area contributed by atoms with E-state index in [-0.39, 0.29) is 0 Å². The van der Waals surface area contributed by atoms with Crippen LogP contribution in [0, 0.1) is 13.8 Å². The van der Waals surface area contributed by atoms with Gasteiger partial charge in [-0.25, -0.2) is 0 Å². The van der Waals surface area contributed by atoms with Crippen LogP contribution in [-0.4, -0.2) is 19.7 Å². The molecule has 0 N–H and O–H groups in total. The Hall–Kier alpha value is -1.42. The maximum absolute atomic E-state index is 5.76. The quantitative estimate of drug-likeness (QED) is 0.731. The van der Waals surface area contributed by atoms with Gasteiger partial charge < -0.3 is 0 Å². The van der Waals surface area contributed by atoms with Crippen LogP contribution in [0.1, 0.15) is 17.2 Å². The van der Waals surface area contributed by atoms with Gasteiger partial charge in [-0.1, -0.05) is 0 Å². The fraction of sp³-hybridized carbons (Fsp3) is 0.300. The number of alkyl halides is 1. The summed E-state index contributed by atoms with van der Waals surface area (Å²) in [5.74, 6) is 1.07. The molecular weight excluding hydrogens is 212 g/mol. The average Bonchev–Trinajstić information content (AvgIpc) is 2.65. The standard InChI is InChI=1S/C10H11ClN4/c1-7-3-4-9(8(2)13-7)15-6-12-14-10(15)5-11/h3-4,6H,5H2,1-2H3. The Labute approximate surface area is 92.9 Å². The van der Waals surface area contributed by atoms with Gasteiger partial charge in [0.2, 0.25) is 0 Å². The number of hydrogen-bond acceptors (Lipinski definition) is 3. The molecule has 5 heteroatoms. The molecule has 0 saturated carbocycles. The van der Waals surface area contributed by atoms with Crippen LogP contribution in [0.15, 0.2) is 18.5 Å². The largest absolute Gasteiger partial charge is 0.283 e. The van der Waals surface area contributed by atoms with Gasteiger partial charge in [-0.05, 0) is 26.0 Å². The molecule has 2 aromatic heterocycles. The summed E-state index contributed by atoms with van der Waals surface area (Å²) in [4.78, 5) is 4.39. The Kier molecular flexibility index (Phi) is 2.68. The van der Waals surface area contributed by atoms with E-state index in [9.17, 15) is 0 Å². The molecule has 2 rings (SSSR count). The molecule has 0 spiro atoms. The molecule has 0 bridgehead atoms. The third-order valence-corrected chi connectivity index (χ3v) is 2.43. The van der Waals surface area contributed by atoms with Crippen LogP contribution >= 0.6 is 11.6 Å². The zero-order valence-electron chi connectivity index (χ0n) is 8.61. The van der Waals surface area contributed by atoms with Crippen molar-refractivity contribution in [1.29, 1.82) is 0 Å². The lowest BCUT2D eigenvalue weighted by atomic mass is 10.2. The molecular formula is C10H11ClN4. The van der Waals surface area contributed by atoms with Crippen molar-refractivity contribution in [3.63, 3.8) is 0 Å². The predicted octanol–water partition coefficient (Wildman–Crippen LogP) is 2.02. The van der Waals surface area contributed by atoms with E-state index in [1.54, 1.807) is 6.33 Å². The summed E-state index contributed by atoms with van der Waals surface area (Å²) in [5, 5.41) is 7.76. The third-order valence-electron chi connectivity index (χ3n) is 2.19. The van der Waals surface area contributed by atoms with Crippen molar-refractivity contribution in [2.24, 2.45) is 0 Å². The van der Waals surface area contributed by atoms with E-state index in [1.165, 1.54) is 0 Å². The van der Waals surface area contributed by atoms with Crippen molar-refractivity contribution >= 4 is 11.6 Å². The molecule has 0 amide bonds. The summed E-state index contributed by atoms with van der Waals surface area (Å²) in [7, 11) is 0. The number of nitrogens with zero attached hydrogens (tertiary/aromatic N) is 4. The minimum absolute atomic E-state index is 0.341. The number of pyridine rings is 1. The molecule has 0 aromatic carbocycles. The van der Waals surface area contributed by atoms with Gasteiger partial charge in [0.15, 0.2) is 5.82 Å². The molecule has 4 nitrogen and oxygen atoms in total. The molecule has 0 atom stereocenters. The highest BCUT2D eigenvalue weighted by Crippen LogP contribution is 2.14. The van der Waals surface area contributed by atoms with Crippen molar-refractivity contribution < 1.29 is 0 Å². The van der Waals surface area contributed by atoms with Gasteiger partial charge >= 0.3 is 0 Å². The fourth-order valence-corrected chi connectivity index (χ4v) is 1.67. The molecule has 2 heterocycles. The minimum atomic E-state index is 0.341. The first-order valence-corrected chi connectivity index (χ1v) is 5.15. The normalized spacial score (nSPS) is 10.6. The van der Waals surface area contributed by atoms with Crippen LogP contribution in [0.25, 0.3) is 5.69 Å². The first-order valence-electron chi connectivity index (χ1n) is 4.62. The lowest BCUT2D eigenvalue weighted by Gasteiger charge is -2.07. The molecule has 0 fully saturated rings. The van der Waals surface area contributed by atoms with E-state index in [2.05, 4.69) is 15.2 Å². The second kappa shape index (κ2) is 3.98. The van der Waals surface area contributed by atoms with E-state index >= 15 is 0 Å². The first kappa shape index (κ1) is 10.1. The van der Waals surface area contributed by atoms with Gasteiger partial charge in [-0.15, -0.1) is 21.8 Å². The lowest BCUT2D eigenvalue weighted by molar-refractivity contribution is 0.925. The average molecular weight is 223 g/mol. The van der Waals surface area contributed by atoms with E-state index < -0.39 is 0 Å². The van der Waals surface area contributed by atoms with Crippen molar-refractivity contribution in [3.8, 4) is 5.69 Å². The summed E-state index contributed by atoms with van der Waals surface area (Å²) in [5.41, 5.74) is 2.92. The number of hydrogen-bond donors (Lipinski definition) is 0. The van der Waals surface area contributed by atoms with Gasteiger partial charge in [-0.3, -0.25) is 9.55 Å². The Morgan fingerprint density at radius 2 is 2.13 bits per heavy atom. The van der Waals surface area contributed by atoms with Crippen LogP contribution in [0.5, 0.6) is 0 Å². The summed E-state index contributed by atoms with van der Waals surface area (Å²) in [6, 6.07) is 3.96. The van der Waals surface area contributed by atoms with Gasteiger partial charge in [0.25, 0.3) is 0 Å². The SMILES string of the molecule is Cc1ccc(-n2cnnc2CCl)c(C)n1. The second-order valence-corrected chi connectivity index (χ2v) is 3.58. The smallest absolute Gasteiger partial charge is 0.152 e. The molecule has 0 aliphatic heterocycles. The van der Waals surface area contributed by atoms with E-state index in [4.69, 9.17) is 11.6 Å². The van der Waals surface area contributed by atoms with Gasteiger partial charge in [0, 0.05) is 5.69 Å². The van der Waals surface area contributed by atoms with Crippen molar-refractivity contribution in [1.82, 2.24) is 19.7 Å². The number of aryl methyl sites for hydroxylation is 2. The molecule has 0 unspecified atom stereocenters. The van der Waals surface area contributed by atoms with E-state index in [0.29, 0.717) is 5.88 Å². The predicted molar refractivity (Wildman–Crippen MR) is 58.2 cm³/mol. The monoisotopic (exact) mass is 222 g/mol. The first-order chi connectivity index (χ1) is 7.22. The van der Waals surface area contributed by atoms with E-state index in [0.717, 1.165) is 22.9 Å². The molecule has 0 saturated heterocycles. The molecule has 15 heavy (non-hydrogen) atoms. The zero-order valence-corrected chi connectivity index (χ0v) is 9.36. The van der Waals surface area contributed by atoms with E-state index in [1.807, 2.05) is 30.5 Å². The molecule has 0 radical (unpaired) electrons. The van der Waals surface area contributed by atoms with Gasteiger partial charge in [0.05, 0.1) is 17.3 Å². The summed E-state index contributed by atoms with van der Waals surface area (Å²) >= 11 is 5.76. The fourth-order valence-electron chi connectivity index (χ4n) is 1.49.